The Morgan fingerprint density at radius 3 is 2.62 bits per heavy atom. The van der Waals surface area contributed by atoms with E-state index in [2.05, 4.69) is 15.1 Å². The fourth-order valence-corrected chi connectivity index (χ4v) is 7.98. The number of nitrogens with zero attached hydrogens (tertiary/aromatic N) is 6. The Kier molecular flexibility index (Phi) is 5.27. The molecule has 0 amide bonds. The van der Waals surface area contributed by atoms with Crippen LogP contribution in [0.4, 0.5) is 5.82 Å². The van der Waals surface area contributed by atoms with Crippen molar-refractivity contribution in [1.82, 2.24) is 14.5 Å². The van der Waals surface area contributed by atoms with E-state index in [-0.39, 0.29) is 17.4 Å². The normalized spacial score (nSPS) is 35.1. The number of aromatic nitrogens is 4. The molecule has 3 N–H and O–H groups in total. The van der Waals surface area contributed by atoms with Crippen LogP contribution in [0.3, 0.4) is 0 Å². The SMILES string of the molecule is CCC(C[C@H]1OC(n2c[n+]3c4c(ncnc42)N(C)N=C3C)[C@H](O)[C@@H]1O)O[PH]1(O)C(C)C1C. The third-order valence-electron chi connectivity index (χ3n) is 7.32. The second-order valence-electron chi connectivity index (χ2n) is 9.19. The molecule has 0 bridgehead atoms. The Morgan fingerprint density at radius 1 is 1.25 bits per heavy atom. The van der Waals surface area contributed by atoms with Gasteiger partial charge in [-0.1, -0.05) is 0 Å². The van der Waals surface area contributed by atoms with Crippen molar-refractivity contribution in [1.29, 1.82) is 0 Å². The van der Waals surface area contributed by atoms with Gasteiger partial charge in [0.2, 0.25) is 0 Å². The molecule has 4 unspecified atom stereocenters. The van der Waals surface area contributed by atoms with Crippen molar-refractivity contribution < 1.29 is 28.9 Å². The predicted molar refractivity (Wildman–Crippen MR) is 120 cm³/mol. The van der Waals surface area contributed by atoms with Crippen molar-refractivity contribution in [2.24, 2.45) is 5.10 Å². The third kappa shape index (κ3) is 3.18. The fourth-order valence-electron chi connectivity index (χ4n) is 4.89. The van der Waals surface area contributed by atoms with Crippen molar-refractivity contribution >= 4 is 30.5 Å². The minimum atomic E-state index is -2.68. The van der Waals surface area contributed by atoms with Crippen LogP contribution in [-0.4, -0.2) is 78.3 Å². The summed E-state index contributed by atoms with van der Waals surface area (Å²) in [5.41, 5.74) is 1.75. The summed E-state index contributed by atoms with van der Waals surface area (Å²) in [6.45, 7) is 7.89. The maximum atomic E-state index is 10.9. The molecule has 3 aliphatic rings. The van der Waals surface area contributed by atoms with Crippen LogP contribution >= 0.6 is 7.72 Å². The summed E-state index contributed by atoms with van der Waals surface area (Å²) < 4.78 is 15.9. The molecule has 0 saturated carbocycles. The second kappa shape index (κ2) is 7.65. The second-order valence-corrected chi connectivity index (χ2v) is 12.8. The van der Waals surface area contributed by atoms with Gasteiger partial charge in [0.05, 0.1) is 0 Å². The summed E-state index contributed by atoms with van der Waals surface area (Å²) in [5, 5.41) is 27.8. The molecule has 11 nitrogen and oxygen atoms in total. The molecule has 32 heavy (non-hydrogen) atoms. The van der Waals surface area contributed by atoms with Gasteiger partial charge in [-0.15, -0.1) is 0 Å². The Hall–Kier alpha value is -1.75. The number of imidazole rings is 1. The van der Waals surface area contributed by atoms with Crippen molar-refractivity contribution in [2.45, 2.75) is 82.5 Å². The average Bonchev–Trinajstić information content (AvgIpc) is 3.07. The molecular weight excluding hydrogens is 435 g/mol. The Morgan fingerprint density at radius 2 is 1.97 bits per heavy atom. The molecule has 176 valence electrons. The average molecular weight is 467 g/mol. The minimum absolute atomic E-state index is 0.206. The summed E-state index contributed by atoms with van der Waals surface area (Å²) in [6.07, 6.45) is 0.378. The number of rotatable bonds is 6. The summed E-state index contributed by atoms with van der Waals surface area (Å²) in [4.78, 5) is 19.5. The number of aliphatic hydroxyl groups excluding tert-OH is 2. The number of anilines is 1. The van der Waals surface area contributed by atoms with Crippen LogP contribution in [-0.2, 0) is 9.26 Å². The molecule has 2 fully saturated rings. The fraction of sp³-hybridized carbons (Fsp3) is 0.700. The van der Waals surface area contributed by atoms with Crippen LogP contribution in [0.25, 0.3) is 11.2 Å². The third-order valence-corrected chi connectivity index (χ3v) is 11.3. The number of ether oxygens (including phenoxy) is 1. The standard InChI is InChI=1S/C20H32N6O5P/c1-6-13(31-32(29)10(2)11(32)3)7-14-16(27)17(28)20(30-14)26-9-25-12(4)23-24(5)18-15(25)19(26)22-8-21-18/h8-11,13-14,16-17,20,27-29,32H,6-7H2,1-5H3/q+1/t10?,11?,13?,14-,16-,17-,20?/m1/s1. The van der Waals surface area contributed by atoms with Crippen LogP contribution in [0.5, 0.6) is 0 Å². The zero-order valence-electron chi connectivity index (χ0n) is 19.0. The molecule has 12 heteroatoms. The Bertz CT molecular complexity index is 1070. The van der Waals surface area contributed by atoms with Gasteiger partial charge in [0.1, 0.15) is 0 Å². The van der Waals surface area contributed by atoms with E-state index in [9.17, 15) is 15.1 Å². The van der Waals surface area contributed by atoms with E-state index in [1.54, 1.807) is 15.9 Å². The van der Waals surface area contributed by atoms with E-state index >= 15 is 0 Å². The number of hydrogen-bond donors (Lipinski definition) is 3. The molecule has 2 aromatic rings. The first-order valence-electron chi connectivity index (χ1n) is 11.2. The molecule has 7 atom stereocenters. The van der Waals surface area contributed by atoms with Gasteiger partial charge in [-0.25, -0.2) is 0 Å². The van der Waals surface area contributed by atoms with Gasteiger partial charge in [0.15, 0.2) is 0 Å². The van der Waals surface area contributed by atoms with Crippen LogP contribution in [0.15, 0.2) is 17.8 Å². The molecule has 0 aromatic carbocycles. The van der Waals surface area contributed by atoms with Crippen molar-refractivity contribution in [2.75, 3.05) is 12.1 Å². The van der Waals surface area contributed by atoms with E-state index in [1.165, 1.54) is 6.33 Å². The van der Waals surface area contributed by atoms with Crippen LogP contribution in [0.2, 0.25) is 0 Å². The van der Waals surface area contributed by atoms with E-state index in [4.69, 9.17) is 9.26 Å². The van der Waals surface area contributed by atoms with Gasteiger partial charge < -0.3 is 0 Å². The number of hydrogen-bond acceptors (Lipinski definition) is 9. The van der Waals surface area contributed by atoms with E-state index in [1.807, 2.05) is 39.3 Å². The maximum absolute atomic E-state index is 10.9. The molecule has 0 radical (unpaired) electrons. The van der Waals surface area contributed by atoms with Crippen LogP contribution in [0.1, 0.15) is 46.8 Å². The van der Waals surface area contributed by atoms with Gasteiger partial charge in [-0.3, -0.25) is 0 Å². The Balaban J connectivity index is 1.41. The van der Waals surface area contributed by atoms with Crippen molar-refractivity contribution in [3.05, 3.63) is 12.7 Å². The molecule has 3 aliphatic heterocycles. The Labute approximate surface area is 186 Å². The molecule has 0 spiro atoms. The monoisotopic (exact) mass is 467 g/mol. The van der Waals surface area contributed by atoms with Gasteiger partial charge in [0, 0.05) is 0 Å². The number of hydrazone groups is 1. The molecule has 5 rings (SSSR count). The van der Waals surface area contributed by atoms with Gasteiger partial charge in [-0.2, -0.15) is 0 Å². The molecule has 2 saturated heterocycles. The topological polar surface area (TPSA) is 129 Å². The quantitative estimate of drug-likeness (QED) is 0.414. The van der Waals surface area contributed by atoms with Gasteiger partial charge in [0.25, 0.3) is 0 Å². The summed E-state index contributed by atoms with van der Waals surface area (Å²) in [6, 6.07) is 0. The van der Waals surface area contributed by atoms with E-state index in [0.29, 0.717) is 24.3 Å². The predicted octanol–water partition coefficient (Wildman–Crippen LogP) is 0.517. The van der Waals surface area contributed by atoms with Crippen molar-refractivity contribution in [3.63, 3.8) is 0 Å². The summed E-state index contributed by atoms with van der Waals surface area (Å²) >= 11 is 0. The van der Waals surface area contributed by atoms with E-state index in [0.717, 1.165) is 11.4 Å². The van der Waals surface area contributed by atoms with Crippen LogP contribution < -0.4 is 9.58 Å². The summed E-state index contributed by atoms with van der Waals surface area (Å²) in [7, 11) is -0.868. The van der Waals surface area contributed by atoms with Gasteiger partial charge >= 0.3 is 186 Å². The summed E-state index contributed by atoms with van der Waals surface area (Å²) in [5.74, 6) is 1.38. The molecular formula is C20H32N6O5P+. The first-order chi connectivity index (χ1) is 15.2. The van der Waals surface area contributed by atoms with Gasteiger partial charge in [-0.05, 0) is 0 Å². The first kappa shape index (κ1) is 22.1. The zero-order valence-corrected chi connectivity index (χ0v) is 20.0. The molecule has 0 aliphatic carbocycles. The molecule has 2 aromatic heterocycles. The van der Waals surface area contributed by atoms with E-state index < -0.39 is 32.3 Å². The van der Waals surface area contributed by atoms with Crippen LogP contribution in [0, 0.1) is 0 Å². The van der Waals surface area contributed by atoms with Crippen molar-refractivity contribution in [3.8, 4) is 0 Å². The first-order valence-corrected chi connectivity index (χ1v) is 13.2. The molecule has 5 heterocycles. The zero-order chi connectivity index (χ0) is 22.9. The number of aliphatic hydroxyl groups is 2.